The van der Waals surface area contributed by atoms with Gasteiger partial charge in [-0.25, -0.2) is 14.6 Å². The van der Waals surface area contributed by atoms with Crippen molar-refractivity contribution >= 4 is 35.4 Å². The van der Waals surface area contributed by atoms with Gasteiger partial charge in [-0.3, -0.25) is 9.36 Å². The number of carbonyl (C=O) groups excluding carboxylic acids is 2. The van der Waals surface area contributed by atoms with Gasteiger partial charge in [0.1, 0.15) is 11.9 Å². The number of nitrogens with zero attached hydrogens (tertiary/aromatic N) is 2. The van der Waals surface area contributed by atoms with Crippen molar-refractivity contribution in [1.82, 2.24) is 4.57 Å². The van der Waals surface area contributed by atoms with E-state index in [0.717, 1.165) is 16.9 Å². The van der Waals surface area contributed by atoms with Gasteiger partial charge in [-0.1, -0.05) is 41.7 Å². The van der Waals surface area contributed by atoms with Gasteiger partial charge in [-0.15, -0.1) is 0 Å². The number of ether oxygens (including phenoxy) is 3. The van der Waals surface area contributed by atoms with E-state index in [9.17, 15) is 14.4 Å². The molecule has 2 unspecified atom stereocenters. The Bertz CT molecular complexity index is 1710. The van der Waals surface area contributed by atoms with Crippen LogP contribution in [0.25, 0.3) is 12.2 Å². The largest absolute Gasteiger partial charge is 0.485 e. The lowest BCUT2D eigenvalue weighted by Crippen LogP contribution is -2.40. The Balaban J connectivity index is 1.67. The van der Waals surface area contributed by atoms with Gasteiger partial charge in [-0.05, 0) is 69.2 Å². The molecule has 2 aliphatic rings. The van der Waals surface area contributed by atoms with E-state index in [4.69, 9.17) is 14.2 Å². The average Bonchev–Trinajstić information content (AvgIpc) is 3.21. The molecule has 9 heteroatoms. The third-order valence-electron chi connectivity index (χ3n) is 6.54. The quantitative estimate of drug-likeness (QED) is 0.454. The molecule has 0 amide bonds. The van der Waals surface area contributed by atoms with E-state index in [1.165, 1.54) is 23.0 Å². The molecule has 0 fully saturated rings. The van der Waals surface area contributed by atoms with Crippen LogP contribution >= 0.6 is 11.3 Å². The monoisotopic (exact) mass is 544 g/mol. The second-order valence-electron chi connectivity index (χ2n) is 9.59. The van der Waals surface area contributed by atoms with Crippen LogP contribution in [0.3, 0.4) is 0 Å². The topological polar surface area (TPSA) is 96.2 Å². The summed E-state index contributed by atoms with van der Waals surface area (Å²) in [7, 11) is 1.31. The van der Waals surface area contributed by atoms with E-state index < -0.39 is 18.0 Å². The Morgan fingerprint density at radius 1 is 1.10 bits per heavy atom. The molecule has 0 aliphatic carbocycles. The molecule has 3 aromatic rings. The molecule has 0 radical (unpaired) electrons. The third-order valence-corrected chi connectivity index (χ3v) is 7.53. The highest BCUT2D eigenvalue weighted by Gasteiger charge is 2.34. The number of carbonyl (C=O) groups is 2. The number of aromatic nitrogens is 1. The minimum absolute atomic E-state index is 0.251. The number of allylic oxidation sites excluding steroid dienone is 1. The van der Waals surface area contributed by atoms with Crippen LogP contribution in [-0.2, 0) is 14.3 Å². The summed E-state index contributed by atoms with van der Waals surface area (Å²) < 4.78 is 18.4. The SMILES string of the molecule is COC(=O)c1ccc(C2C(C(=O)OC(C)C)=C(C)N=c3sc(=CC4=Cc5ccccc5OC4C)c(=O)n32)cc1. The molecule has 0 saturated carbocycles. The van der Waals surface area contributed by atoms with Gasteiger partial charge in [-0.2, -0.15) is 0 Å². The summed E-state index contributed by atoms with van der Waals surface area (Å²) in [5.41, 5.74) is 3.26. The number of para-hydroxylation sites is 1. The zero-order chi connectivity index (χ0) is 27.8. The van der Waals surface area contributed by atoms with Crippen LogP contribution in [0.2, 0.25) is 0 Å². The zero-order valence-electron chi connectivity index (χ0n) is 22.3. The number of thiazole rings is 1. The van der Waals surface area contributed by atoms with Crippen molar-refractivity contribution in [3.8, 4) is 5.75 Å². The Hall–Kier alpha value is -4.24. The smallest absolute Gasteiger partial charge is 0.338 e. The Kier molecular flexibility index (Phi) is 7.10. The molecule has 1 aromatic heterocycles. The molecule has 0 bridgehead atoms. The van der Waals surface area contributed by atoms with Crippen molar-refractivity contribution in [2.45, 2.75) is 45.9 Å². The fourth-order valence-electron chi connectivity index (χ4n) is 4.67. The fourth-order valence-corrected chi connectivity index (χ4v) is 5.71. The van der Waals surface area contributed by atoms with Crippen LogP contribution in [-0.4, -0.2) is 35.8 Å². The highest BCUT2D eigenvalue weighted by atomic mass is 32.1. The van der Waals surface area contributed by atoms with Gasteiger partial charge in [0.05, 0.1) is 40.6 Å². The summed E-state index contributed by atoms with van der Waals surface area (Å²) in [4.78, 5) is 44.3. The first-order chi connectivity index (χ1) is 18.7. The van der Waals surface area contributed by atoms with Gasteiger partial charge in [0, 0.05) is 5.56 Å². The predicted octanol–water partition coefficient (Wildman–Crippen LogP) is 3.79. The second kappa shape index (κ2) is 10.5. The molecule has 5 rings (SSSR count). The number of hydrogen-bond donors (Lipinski definition) is 0. The molecule has 8 nitrogen and oxygen atoms in total. The first kappa shape index (κ1) is 26.4. The standard InChI is InChI=1S/C30H28N2O6S/c1-16(2)37-29(35)25-17(3)31-30-32(26(25)19-10-12-20(13-11-19)28(34)36-5)27(33)24(39-30)15-22-14-21-8-6-7-9-23(21)38-18(22)4/h6-16,18,26H,1-5H3. The van der Waals surface area contributed by atoms with E-state index in [-0.39, 0.29) is 23.3 Å². The summed E-state index contributed by atoms with van der Waals surface area (Å²) in [6.07, 6.45) is 3.24. The highest BCUT2D eigenvalue weighted by molar-refractivity contribution is 7.07. The first-order valence-corrected chi connectivity index (χ1v) is 13.4. The van der Waals surface area contributed by atoms with Crippen LogP contribution in [0, 0.1) is 0 Å². The van der Waals surface area contributed by atoms with Crippen LogP contribution < -0.4 is 19.6 Å². The van der Waals surface area contributed by atoms with Crippen LogP contribution in [0.4, 0.5) is 0 Å². The van der Waals surface area contributed by atoms with Crippen molar-refractivity contribution in [3.63, 3.8) is 0 Å². The molecule has 0 saturated heterocycles. The Labute approximate surface area is 229 Å². The van der Waals surface area contributed by atoms with E-state index in [1.54, 1.807) is 45.0 Å². The Morgan fingerprint density at radius 2 is 1.82 bits per heavy atom. The molecule has 3 heterocycles. The molecular formula is C30H28N2O6S. The normalized spacial score (nSPS) is 18.5. The lowest BCUT2D eigenvalue weighted by atomic mass is 9.95. The van der Waals surface area contributed by atoms with Gasteiger partial charge in [0.15, 0.2) is 4.80 Å². The molecule has 2 atom stereocenters. The summed E-state index contributed by atoms with van der Waals surface area (Å²) in [5.74, 6) is -0.227. The van der Waals surface area contributed by atoms with Crippen molar-refractivity contribution in [1.29, 1.82) is 0 Å². The number of methoxy groups -OCH3 is 1. The summed E-state index contributed by atoms with van der Waals surface area (Å²) in [6.45, 7) is 7.20. The van der Waals surface area contributed by atoms with Crippen molar-refractivity contribution in [2.24, 2.45) is 4.99 Å². The third kappa shape index (κ3) is 4.97. The zero-order valence-corrected chi connectivity index (χ0v) is 23.1. The van der Waals surface area contributed by atoms with Crippen molar-refractivity contribution in [2.75, 3.05) is 7.11 Å². The number of hydrogen-bond acceptors (Lipinski definition) is 8. The summed E-state index contributed by atoms with van der Waals surface area (Å²) in [6, 6.07) is 13.6. The number of rotatable bonds is 5. The van der Waals surface area contributed by atoms with Crippen molar-refractivity contribution in [3.05, 3.63) is 102 Å². The number of fused-ring (bicyclic) bond motifs is 2. The minimum atomic E-state index is -0.781. The maximum absolute atomic E-state index is 13.9. The maximum atomic E-state index is 13.9. The maximum Gasteiger partial charge on any atom is 0.338 e. The Morgan fingerprint density at radius 3 is 2.51 bits per heavy atom. The molecule has 0 spiro atoms. The molecule has 39 heavy (non-hydrogen) atoms. The van der Waals surface area contributed by atoms with E-state index in [1.807, 2.05) is 43.3 Å². The van der Waals surface area contributed by atoms with Gasteiger partial charge in [0.25, 0.3) is 5.56 Å². The molecule has 0 N–H and O–H groups in total. The lowest BCUT2D eigenvalue weighted by Gasteiger charge is -2.25. The number of esters is 2. The average molecular weight is 545 g/mol. The minimum Gasteiger partial charge on any atom is -0.485 e. The van der Waals surface area contributed by atoms with Crippen LogP contribution in [0.5, 0.6) is 5.75 Å². The van der Waals surface area contributed by atoms with Gasteiger partial charge >= 0.3 is 11.9 Å². The lowest BCUT2D eigenvalue weighted by molar-refractivity contribution is -0.143. The fraction of sp³-hybridized carbons (Fsp3) is 0.267. The second-order valence-corrected chi connectivity index (χ2v) is 10.6. The molecule has 2 aliphatic heterocycles. The van der Waals surface area contributed by atoms with Crippen LogP contribution in [0.15, 0.2) is 75.2 Å². The molecule has 200 valence electrons. The first-order valence-electron chi connectivity index (χ1n) is 12.6. The van der Waals surface area contributed by atoms with E-state index in [2.05, 4.69) is 4.99 Å². The summed E-state index contributed by atoms with van der Waals surface area (Å²) >= 11 is 1.25. The molecular weight excluding hydrogens is 516 g/mol. The summed E-state index contributed by atoms with van der Waals surface area (Å²) in [5, 5.41) is 0. The van der Waals surface area contributed by atoms with Gasteiger partial charge < -0.3 is 14.2 Å². The van der Waals surface area contributed by atoms with E-state index >= 15 is 0 Å². The highest BCUT2D eigenvalue weighted by Crippen LogP contribution is 2.32. The van der Waals surface area contributed by atoms with Crippen LogP contribution in [0.1, 0.15) is 55.2 Å². The predicted molar refractivity (Wildman–Crippen MR) is 148 cm³/mol. The molecule has 2 aromatic carbocycles. The number of benzene rings is 2. The van der Waals surface area contributed by atoms with Gasteiger partial charge in [0.2, 0.25) is 0 Å². The van der Waals surface area contributed by atoms with E-state index in [0.29, 0.717) is 26.2 Å². The van der Waals surface area contributed by atoms with Crippen molar-refractivity contribution < 1.29 is 23.8 Å².